The zero-order valence-electron chi connectivity index (χ0n) is 10.6. The third-order valence-corrected chi connectivity index (χ3v) is 3.91. The summed E-state index contributed by atoms with van der Waals surface area (Å²) in [5, 5.41) is 9.86. The Hall–Kier alpha value is -1.95. The molecule has 0 aliphatic heterocycles. The van der Waals surface area contributed by atoms with Gasteiger partial charge in [-0.3, -0.25) is 4.79 Å². The molecule has 2 aromatic heterocycles. The van der Waals surface area contributed by atoms with Crippen LogP contribution in [0.5, 0.6) is 0 Å². The molecule has 0 N–H and O–H groups in total. The molecule has 6 heteroatoms. The Kier molecular flexibility index (Phi) is 2.94. The van der Waals surface area contributed by atoms with Crippen molar-refractivity contribution in [1.29, 1.82) is 0 Å². The molecule has 3 rings (SSSR count). The van der Waals surface area contributed by atoms with Crippen LogP contribution < -0.4 is 0 Å². The average Bonchev–Trinajstić information content (AvgIpc) is 3.02. The van der Waals surface area contributed by atoms with Crippen LogP contribution in [0.4, 0.5) is 0 Å². The van der Waals surface area contributed by atoms with Crippen LogP contribution in [0.1, 0.15) is 45.6 Å². The van der Waals surface area contributed by atoms with E-state index in [0.717, 1.165) is 12.0 Å². The minimum Gasteiger partial charge on any atom is -0.399 e. The number of oxime groups is 1. The molecule has 19 heavy (non-hydrogen) atoms. The van der Waals surface area contributed by atoms with Gasteiger partial charge < -0.3 is 9.36 Å². The van der Waals surface area contributed by atoms with Gasteiger partial charge in [0.2, 0.25) is 11.5 Å². The summed E-state index contributed by atoms with van der Waals surface area (Å²) in [6.07, 6.45) is 1.62. The van der Waals surface area contributed by atoms with E-state index in [1.807, 2.05) is 18.4 Å². The van der Waals surface area contributed by atoms with Crippen molar-refractivity contribution >= 4 is 22.8 Å². The van der Waals surface area contributed by atoms with E-state index in [0.29, 0.717) is 34.0 Å². The Labute approximate surface area is 113 Å². The first kappa shape index (κ1) is 12.1. The van der Waals surface area contributed by atoms with Crippen LogP contribution in [-0.4, -0.2) is 23.8 Å². The summed E-state index contributed by atoms with van der Waals surface area (Å²) >= 11 is 1.40. The van der Waals surface area contributed by atoms with Crippen LogP contribution in [0.15, 0.2) is 21.1 Å². The van der Waals surface area contributed by atoms with E-state index in [1.165, 1.54) is 18.4 Å². The van der Waals surface area contributed by atoms with Crippen molar-refractivity contribution < 1.29 is 14.2 Å². The Morgan fingerprint density at radius 2 is 2.37 bits per heavy atom. The molecule has 1 aliphatic rings. The molecule has 0 bridgehead atoms. The molecule has 0 aromatic carbocycles. The molecule has 0 spiro atoms. The van der Waals surface area contributed by atoms with E-state index < -0.39 is 0 Å². The van der Waals surface area contributed by atoms with Crippen molar-refractivity contribution in [1.82, 2.24) is 5.16 Å². The first-order chi connectivity index (χ1) is 9.27. The summed E-state index contributed by atoms with van der Waals surface area (Å²) in [6, 6.07) is 1.85. The van der Waals surface area contributed by atoms with E-state index in [9.17, 15) is 4.79 Å². The molecule has 0 saturated carbocycles. The molecule has 5 nitrogen and oxygen atoms in total. The van der Waals surface area contributed by atoms with Gasteiger partial charge in [-0.1, -0.05) is 23.7 Å². The Bertz CT molecular complexity index is 669. The van der Waals surface area contributed by atoms with Crippen molar-refractivity contribution in [3.8, 4) is 0 Å². The molecule has 0 saturated heterocycles. The number of rotatable bonds is 3. The van der Waals surface area contributed by atoms with Gasteiger partial charge in [-0.15, -0.1) is 11.3 Å². The predicted octanol–water partition coefficient (Wildman–Crippen LogP) is 2.63. The maximum Gasteiger partial charge on any atom is 0.209 e. The molecule has 0 unspecified atom stereocenters. The first-order valence-electron chi connectivity index (χ1n) is 6.00. The zero-order valence-corrected chi connectivity index (χ0v) is 11.4. The van der Waals surface area contributed by atoms with Gasteiger partial charge in [-0.2, -0.15) is 0 Å². The topological polar surface area (TPSA) is 64.7 Å². The van der Waals surface area contributed by atoms with Crippen LogP contribution in [0.25, 0.3) is 0 Å². The fraction of sp³-hybridized carbons (Fsp3) is 0.308. The summed E-state index contributed by atoms with van der Waals surface area (Å²) in [4.78, 5) is 18.0. The molecular formula is C13H12N2O3S. The number of ketones is 1. The number of nitrogens with zero attached hydrogens (tertiary/aromatic N) is 2. The number of hydrogen-bond donors (Lipinski definition) is 0. The molecule has 2 aromatic rings. The number of fused-ring (bicyclic) bond motifs is 2. The number of aromatic nitrogens is 1. The largest absolute Gasteiger partial charge is 0.399 e. The van der Waals surface area contributed by atoms with Crippen molar-refractivity contribution in [2.24, 2.45) is 5.16 Å². The lowest BCUT2D eigenvalue weighted by Crippen LogP contribution is -2.19. The lowest BCUT2D eigenvalue weighted by molar-refractivity contribution is 0.103. The van der Waals surface area contributed by atoms with Crippen LogP contribution in [0.3, 0.4) is 0 Å². The predicted molar refractivity (Wildman–Crippen MR) is 70.9 cm³/mol. The Morgan fingerprint density at radius 3 is 3.11 bits per heavy atom. The van der Waals surface area contributed by atoms with E-state index in [2.05, 4.69) is 10.3 Å². The summed E-state index contributed by atoms with van der Waals surface area (Å²) in [7, 11) is 1.47. The van der Waals surface area contributed by atoms with E-state index in [1.54, 1.807) is 0 Å². The zero-order chi connectivity index (χ0) is 13.4. The van der Waals surface area contributed by atoms with Crippen LogP contribution in [0, 0.1) is 0 Å². The molecule has 0 amide bonds. The minimum absolute atomic E-state index is 0.0280. The van der Waals surface area contributed by atoms with Crippen LogP contribution in [0.2, 0.25) is 0 Å². The summed E-state index contributed by atoms with van der Waals surface area (Å²) < 4.78 is 5.32. The average molecular weight is 276 g/mol. The van der Waals surface area contributed by atoms with Crippen molar-refractivity contribution in [2.75, 3.05) is 7.11 Å². The fourth-order valence-corrected chi connectivity index (χ4v) is 3.06. The third-order valence-electron chi connectivity index (χ3n) is 3.00. The first-order valence-corrected chi connectivity index (χ1v) is 6.88. The van der Waals surface area contributed by atoms with Crippen LogP contribution in [-0.2, 0) is 11.3 Å². The highest BCUT2D eigenvalue weighted by atomic mass is 32.1. The molecule has 0 fully saturated rings. The highest BCUT2D eigenvalue weighted by molar-refractivity contribution is 7.12. The number of hydrogen-bond acceptors (Lipinski definition) is 6. The Balaban J connectivity index is 2.23. The maximum atomic E-state index is 12.5. The van der Waals surface area contributed by atoms with Gasteiger partial charge in [0.05, 0.1) is 16.1 Å². The number of thiophene rings is 1. The highest BCUT2D eigenvalue weighted by Crippen LogP contribution is 2.33. The van der Waals surface area contributed by atoms with Crippen LogP contribution >= 0.6 is 11.3 Å². The molecule has 2 heterocycles. The van der Waals surface area contributed by atoms with Gasteiger partial charge in [-0.05, 0) is 17.9 Å². The maximum absolute atomic E-state index is 12.5. The van der Waals surface area contributed by atoms with E-state index >= 15 is 0 Å². The van der Waals surface area contributed by atoms with Gasteiger partial charge >= 0.3 is 0 Å². The van der Waals surface area contributed by atoms with E-state index in [4.69, 9.17) is 9.36 Å². The molecule has 98 valence electrons. The van der Waals surface area contributed by atoms with Gasteiger partial charge in [-0.25, -0.2) is 0 Å². The van der Waals surface area contributed by atoms with Crippen molar-refractivity contribution in [3.05, 3.63) is 38.9 Å². The van der Waals surface area contributed by atoms with Gasteiger partial charge in [0.25, 0.3) is 0 Å². The second-order valence-corrected chi connectivity index (χ2v) is 5.11. The number of carbonyl (C=O) groups is 1. The smallest absolute Gasteiger partial charge is 0.209 e. The molecular weight excluding hydrogens is 264 g/mol. The normalized spacial score (nSPS) is 15.5. The lowest BCUT2D eigenvalue weighted by atomic mass is 9.92. The fourth-order valence-electron chi connectivity index (χ4n) is 2.22. The lowest BCUT2D eigenvalue weighted by Gasteiger charge is -2.11. The molecule has 1 aliphatic carbocycles. The molecule has 0 atom stereocenters. The van der Waals surface area contributed by atoms with Crippen molar-refractivity contribution in [3.63, 3.8) is 0 Å². The van der Waals surface area contributed by atoms with Gasteiger partial charge in [0.1, 0.15) is 7.11 Å². The SMILES string of the molecule is CCCc1noc2c1C(=O)c1sccc1/C2=N/OC. The minimum atomic E-state index is -0.0280. The second kappa shape index (κ2) is 4.62. The Morgan fingerprint density at radius 1 is 1.53 bits per heavy atom. The van der Waals surface area contributed by atoms with Gasteiger partial charge in [0, 0.05) is 5.56 Å². The third kappa shape index (κ3) is 1.71. The number of aryl methyl sites for hydroxylation is 1. The van der Waals surface area contributed by atoms with Crippen molar-refractivity contribution in [2.45, 2.75) is 19.8 Å². The summed E-state index contributed by atoms with van der Waals surface area (Å²) in [5.74, 6) is 0.390. The summed E-state index contributed by atoms with van der Waals surface area (Å²) in [5.41, 5.74) is 2.53. The van der Waals surface area contributed by atoms with Gasteiger partial charge in [0.15, 0.2) is 5.71 Å². The second-order valence-electron chi connectivity index (χ2n) is 4.20. The monoisotopic (exact) mass is 276 g/mol. The highest BCUT2D eigenvalue weighted by Gasteiger charge is 2.36. The summed E-state index contributed by atoms with van der Waals surface area (Å²) in [6.45, 7) is 2.04. The standard InChI is InChI=1S/C13H12N2O3S/c1-3-4-8-9-11(16)13-7(5-6-19-13)10(15-17-2)12(9)18-14-8/h5-6H,3-4H2,1-2H3/b15-10-. The number of carbonyl (C=O) groups excluding carboxylic acids is 1. The van der Waals surface area contributed by atoms with E-state index in [-0.39, 0.29) is 5.78 Å². The quantitative estimate of drug-likeness (QED) is 0.690. The molecule has 0 radical (unpaired) electrons.